The molecule has 7 rings (SSSR count). The second-order valence-electron chi connectivity index (χ2n) is 10.1. The van der Waals surface area contributed by atoms with E-state index in [-0.39, 0.29) is 0 Å². The number of ether oxygens (including phenoxy) is 1. The van der Waals surface area contributed by atoms with Gasteiger partial charge in [-0.2, -0.15) is 0 Å². The third kappa shape index (κ3) is 4.56. The first-order chi connectivity index (χ1) is 20.1. The highest BCUT2D eigenvalue weighted by molar-refractivity contribution is 7.99. The summed E-state index contributed by atoms with van der Waals surface area (Å²) in [5.74, 6) is 3.37. The van der Waals surface area contributed by atoms with Crippen molar-refractivity contribution in [1.82, 2.24) is 14.5 Å². The summed E-state index contributed by atoms with van der Waals surface area (Å²) in [5.41, 5.74) is 7.50. The van der Waals surface area contributed by atoms with Crippen LogP contribution >= 0.6 is 11.8 Å². The van der Waals surface area contributed by atoms with Gasteiger partial charge in [0.25, 0.3) is 0 Å². The summed E-state index contributed by atoms with van der Waals surface area (Å²) in [5, 5.41) is 0. The molecule has 5 nitrogen and oxygen atoms in total. The average molecular weight is 553 g/mol. The Hall–Kier alpha value is -4.81. The zero-order chi connectivity index (χ0) is 27.9. The molecule has 1 aliphatic heterocycles. The number of fused-ring (bicyclic) bond motifs is 2. The molecule has 3 heterocycles. The molecule has 200 valence electrons. The van der Waals surface area contributed by atoms with Gasteiger partial charge < -0.3 is 9.30 Å². The first kappa shape index (κ1) is 25.2. The van der Waals surface area contributed by atoms with Crippen LogP contribution in [0.15, 0.2) is 125 Å². The van der Waals surface area contributed by atoms with Crippen LogP contribution in [0.1, 0.15) is 17.1 Å². The van der Waals surface area contributed by atoms with Gasteiger partial charge in [-0.05, 0) is 80.9 Å². The Kier molecular flexibility index (Phi) is 6.33. The van der Waals surface area contributed by atoms with E-state index in [2.05, 4.69) is 96.1 Å². The van der Waals surface area contributed by atoms with Crippen molar-refractivity contribution in [2.45, 2.75) is 30.6 Å². The predicted molar refractivity (Wildman–Crippen MR) is 166 cm³/mol. The van der Waals surface area contributed by atoms with Crippen LogP contribution in [0.2, 0.25) is 0 Å². The molecule has 0 radical (unpaired) electrons. The SMILES string of the molecule is Cc1cc(Oc2cccc(-c3nc(C)n(-c4ccccc4)c3C)c2)cc2c1Sc1ccccc1N2c1ccccn1. The minimum Gasteiger partial charge on any atom is -0.457 e. The van der Waals surface area contributed by atoms with Crippen LogP contribution < -0.4 is 9.64 Å². The normalized spacial score (nSPS) is 12.1. The maximum absolute atomic E-state index is 6.53. The molecule has 0 aliphatic carbocycles. The minimum absolute atomic E-state index is 0.765. The van der Waals surface area contributed by atoms with Gasteiger partial charge in [-0.1, -0.05) is 60.3 Å². The highest BCUT2D eigenvalue weighted by Gasteiger charge is 2.27. The van der Waals surface area contributed by atoms with Crippen LogP contribution in [0.4, 0.5) is 17.2 Å². The molecule has 1 aliphatic rings. The van der Waals surface area contributed by atoms with Crippen molar-refractivity contribution in [3.63, 3.8) is 0 Å². The second-order valence-corrected chi connectivity index (χ2v) is 11.1. The minimum atomic E-state index is 0.765. The van der Waals surface area contributed by atoms with Crippen LogP contribution in [-0.2, 0) is 0 Å². The standard InChI is InChI=1S/C35H28N4OS/c1-23-20-29(22-31-35(23)41-32-17-8-7-16-30(32)39(31)33-18-9-10-19-36-33)40-28-15-11-12-26(21-28)34-24(2)38(25(3)37-34)27-13-5-4-6-14-27/h4-22H,1-3H3. The molecule has 4 aromatic carbocycles. The van der Waals surface area contributed by atoms with Crippen LogP contribution in [0, 0.1) is 20.8 Å². The van der Waals surface area contributed by atoms with Crippen molar-refractivity contribution >= 4 is 29.0 Å². The molecule has 0 unspecified atom stereocenters. The Balaban J connectivity index is 1.26. The molecule has 0 spiro atoms. The largest absolute Gasteiger partial charge is 0.457 e. The summed E-state index contributed by atoms with van der Waals surface area (Å²) >= 11 is 1.79. The van der Waals surface area contributed by atoms with Gasteiger partial charge in [-0.3, -0.25) is 4.90 Å². The topological polar surface area (TPSA) is 43.2 Å². The van der Waals surface area contributed by atoms with Crippen LogP contribution in [0.25, 0.3) is 16.9 Å². The molecule has 0 N–H and O–H groups in total. The summed E-state index contributed by atoms with van der Waals surface area (Å²) in [4.78, 5) is 14.3. The summed E-state index contributed by atoms with van der Waals surface area (Å²) in [6, 6.07) is 37.2. The molecule has 6 heteroatoms. The molecule has 6 aromatic rings. The lowest BCUT2D eigenvalue weighted by molar-refractivity contribution is 0.482. The Morgan fingerprint density at radius 1 is 0.707 bits per heavy atom. The Labute approximate surface area is 244 Å². The molecule has 41 heavy (non-hydrogen) atoms. The van der Waals surface area contributed by atoms with Gasteiger partial charge >= 0.3 is 0 Å². The van der Waals surface area contributed by atoms with E-state index in [1.165, 1.54) is 9.79 Å². The van der Waals surface area contributed by atoms with E-state index in [4.69, 9.17) is 14.7 Å². The number of pyridine rings is 1. The predicted octanol–water partition coefficient (Wildman–Crippen LogP) is 9.59. The van der Waals surface area contributed by atoms with E-state index in [9.17, 15) is 0 Å². The van der Waals surface area contributed by atoms with Crippen molar-refractivity contribution in [3.05, 3.63) is 132 Å². The van der Waals surface area contributed by atoms with Crippen LogP contribution in [0.3, 0.4) is 0 Å². The number of benzene rings is 4. The smallest absolute Gasteiger partial charge is 0.137 e. The van der Waals surface area contributed by atoms with Gasteiger partial charge in [-0.15, -0.1) is 0 Å². The highest BCUT2D eigenvalue weighted by atomic mass is 32.2. The van der Waals surface area contributed by atoms with Crippen molar-refractivity contribution in [3.8, 4) is 28.4 Å². The fourth-order valence-corrected chi connectivity index (χ4v) is 6.60. The monoisotopic (exact) mass is 552 g/mol. The number of anilines is 3. The molecular weight excluding hydrogens is 524 g/mol. The Morgan fingerprint density at radius 2 is 1.51 bits per heavy atom. The first-order valence-corrected chi connectivity index (χ1v) is 14.4. The van der Waals surface area contributed by atoms with Gasteiger partial charge in [0.1, 0.15) is 23.1 Å². The second kappa shape index (κ2) is 10.3. The highest BCUT2D eigenvalue weighted by Crippen LogP contribution is 2.53. The first-order valence-electron chi connectivity index (χ1n) is 13.6. The molecule has 0 fully saturated rings. The number of aryl methyl sites for hydroxylation is 2. The fourth-order valence-electron chi connectivity index (χ4n) is 5.50. The summed E-state index contributed by atoms with van der Waals surface area (Å²) in [6.45, 7) is 6.30. The maximum Gasteiger partial charge on any atom is 0.137 e. The van der Waals surface area contributed by atoms with E-state index in [0.717, 1.165) is 62.7 Å². The lowest BCUT2D eigenvalue weighted by Gasteiger charge is -2.33. The van der Waals surface area contributed by atoms with Crippen LogP contribution in [0.5, 0.6) is 11.5 Å². The summed E-state index contributed by atoms with van der Waals surface area (Å²) < 4.78 is 8.72. The number of hydrogen-bond acceptors (Lipinski definition) is 5. The number of rotatable bonds is 5. The fraction of sp³-hybridized carbons (Fsp3) is 0.0857. The van der Waals surface area contributed by atoms with E-state index in [0.29, 0.717) is 0 Å². The number of aromatic nitrogens is 3. The molecule has 0 bridgehead atoms. The van der Waals surface area contributed by atoms with Crippen molar-refractivity contribution in [2.75, 3.05) is 4.90 Å². The molecule has 2 aromatic heterocycles. The third-order valence-corrected chi connectivity index (χ3v) is 8.60. The van der Waals surface area contributed by atoms with E-state index < -0.39 is 0 Å². The van der Waals surface area contributed by atoms with Gasteiger partial charge in [-0.25, -0.2) is 9.97 Å². The van der Waals surface area contributed by atoms with E-state index in [1.807, 2.05) is 49.5 Å². The lowest BCUT2D eigenvalue weighted by atomic mass is 10.1. The third-order valence-electron chi connectivity index (χ3n) is 7.30. The Bertz CT molecular complexity index is 1880. The zero-order valence-electron chi connectivity index (χ0n) is 23.1. The number of para-hydroxylation sites is 2. The molecule has 0 atom stereocenters. The summed E-state index contributed by atoms with van der Waals surface area (Å²) in [7, 11) is 0. The molecular formula is C35H28N4OS. The zero-order valence-corrected chi connectivity index (χ0v) is 23.9. The van der Waals surface area contributed by atoms with Crippen molar-refractivity contribution < 1.29 is 4.74 Å². The molecule has 0 saturated heterocycles. The summed E-state index contributed by atoms with van der Waals surface area (Å²) in [6.07, 6.45) is 1.83. The molecule has 0 amide bonds. The van der Waals surface area contributed by atoms with Gasteiger partial charge in [0.2, 0.25) is 0 Å². The van der Waals surface area contributed by atoms with Crippen molar-refractivity contribution in [2.24, 2.45) is 0 Å². The van der Waals surface area contributed by atoms with Gasteiger partial charge in [0, 0.05) is 39.0 Å². The average Bonchev–Trinajstić information content (AvgIpc) is 3.30. The Morgan fingerprint density at radius 3 is 2.34 bits per heavy atom. The quantitative estimate of drug-likeness (QED) is 0.213. The van der Waals surface area contributed by atoms with Gasteiger partial charge in [0.05, 0.1) is 17.1 Å². The maximum atomic E-state index is 6.53. The van der Waals surface area contributed by atoms with Crippen molar-refractivity contribution in [1.29, 1.82) is 0 Å². The molecule has 0 saturated carbocycles. The lowest BCUT2D eigenvalue weighted by Crippen LogP contribution is -2.16. The van der Waals surface area contributed by atoms with E-state index in [1.54, 1.807) is 11.8 Å². The number of hydrogen-bond donors (Lipinski definition) is 0. The number of nitrogens with zero attached hydrogens (tertiary/aromatic N) is 4. The van der Waals surface area contributed by atoms with E-state index >= 15 is 0 Å². The van der Waals surface area contributed by atoms with Gasteiger partial charge in [0.15, 0.2) is 0 Å². The van der Waals surface area contributed by atoms with Crippen LogP contribution in [-0.4, -0.2) is 14.5 Å². The number of imidazole rings is 1.